The molecule has 1 amide bonds. The van der Waals surface area contributed by atoms with Crippen molar-refractivity contribution in [3.63, 3.8) is 0 Å². The standard InChI is InChI=1S/C22H19N3O3/c1-2-27-18-11-9-16(10-12-18)21(26)24-14-15-5-7-17(8-6-15)22-25-20-19(28-22)4-3-13-23-20/h3-13H,2,14H2,1H3,(H,24,26). The highest BCUT2D eigenvalue weighted by atomic mass is 16.5. The van der Waals surface area contributed by atoms with Crippen LogP contribution in [0.5, 0.6) is 5.75 Å². The molecular formula is C22H19N3O3. The van der Waals surface area contributed by atoms with Crippen LogP contribution in [0, 0.1) is 0 Å². The molecule has 0 spiro atoms. The lowest BCUT2D eigenvalue weighted by Gasteiger charge is -2.07. The number of carbonyl (C=O) groups is 1. The van der Waals surface area contributed by atoms with Gasteiger partial charge in [0.15, 0.2) is 11.2 Å². The maximum atomic E-state index is 12.3. The van der Waals surface area contributed by atoms with Gasteiger partial charge in [0.2, 0.25) is 5.89 Å². The molecule has 6 nitrogen and oxygen atoms in total. The first-order chi connectivity index (χ1) is 13.7. The van der Waals surface area contributed by atoms with Gasteiger partial charge in [-0.25, -0.2) is 4.98 Å². The summed E-state index contributed by atoms with van der Waals surface area (Å²) in [5, 5.41) is 2.92. The van der Waals surface area contributed by atoms with E-state index in [2.05, 4.69) is 15.3 Å². The molecule has 4 aromatic rings. The summed E-state index contributed by atoms with van der Waals surface area (Å²) in [4.78, 5) is 20.9. The van der Waals surface area contributed by atoms with Gasteiger partial charge in [-0.3, -0.25) is 4.79 Å². The fourth-order valence-corrected chi connectivity index (χ4v) is 2.81. The Kier molecular flexibility index (Phi) is 5.01. The summed E-state index contributed by atoms with van der Waals surface area (Å²) < 4.78 is 11.1. The Hall–Kier alpha value is -3.67. The second-order valence-corrected chi connectivity index (χ2v) is 6.18. The van der Waals surface area contributed by atoms with Gasteiger partial charge < -0.3 is 14.5 Å². The van der Waals surface area contributed by atoms with E-state index in [0.29, 0.717) is 35.8 Å². The van der Waals surface area contributed by atoms with Crippen LogP contribution >= 0.6 is 0 Å². The Bertz CT molecular complexity index is 1050. The Morgan fingerprint density at radius 1 is 1.07 bits per heavy atom. The number of benzene rings is 2. The van der Waals surface area contributed by atoms with Gasteiger partial charge in [-0.05, 0) is 61.0 Å². The molecule has 0 aliphatic heterocycles. The minimum Gasteiger partial charge on any atom is -0.494 e. The van der Waals surface area contributed by atoms with E-state index in [9.17, 15) is 4.79 Å². The number of hydrogen-bond donors (Lipinski definition) is 1. The summed E-state index contributed by atoms with van der Waals surface area (Å²) in [5.74, 6) is 1.15. The van der Waals surface area contributed by atoms with E-state index in [0.717, 1.165) is 16.9 Å². The quantitative estimate of drug-likeness (QED) is 0.548. The lowest BCUT2D eigenvalue weighted by Crippen LogP contribution is -2.22. The second kappa shape index (κ2) is 7.92. The Morgan fingerprint density at radius 2 is 1.86 bits per heavy atom. The van der Waals surface area contributed by atoms with E-state index in [1.54, 1.807) is 30.5 Å². The van der Waals surface area contributed by atoms with E-state index in [1.165, 1.54) is 0 Å². The normalized spacial score (nSPS) is 10.8. The van der Waals surface area contributed by atoms with Crippen molar-refractivity contribution in [3.05, 3.63) is 78.0 Å². The Balaban J connectivity index is 1.39. The lowest BCUT2D eigenvalue weighted by atomic mass is 10.1. The number of hydrogen-bond acceptors (Lipinski definition) is 5. The molecule has 0 saturated carbocycles. The van der Waals surface area contributed by atoms with E-state index in [4.69, 9.17) is 9.15 Å². The van der Waals surface area contributed by atoms with Crippen LogP contribution in [0.25, 0.3) is 22.7 Å². The summed E-state index contributed by atoms with van der Waals surface area (Å²) in [6, 6.07) is 18.5. The summed E-state index contributed by atoms with van der Waals surface area (Å²) in [6.45, 7) is 2.95. The number of aromatic nitrogens is 2. The van der Waals surface area contributed by atoms with Gasteiger partial charge in [0, 0.05) is 23.9 Å². The molecule has 0 aliphatic carbocycles. The fraction of sp³-hybridized carbons (Fsp3) is 0.136. The van der Waals surface area contributed by atoms with Crippen molar-refractivity contribution < 1.29 is 13.9 Å². The first-order valence-corrected chi connectivity index (χ1v) is 9.05. The predicted molar refractivity (Wildman–Crippen MR) is 106 cm³/mol. The number of pyridine rings is 1. The monoisotopic (exact) mass is 373 g/mol. The molecular weight excluding hydrogens is 354 g/mol. The van der Waals surface area contributed by atoms with Crippen molar-refractivity contribution in [3.8, 4) is 17.2 Å². The summed E-state index contributed by atoms with van der Waals surface area (Å²) in [5.41, 5.74) is 3.68. The molecule has 140 valence electrons. The Morgan fingerprint density at radius 3 is 2.57 bits per heavy atom. The third-order valence-corrected chi connectivity index (χ3v) is 4.25. The third-order valence-electron chi connectivity index (χ3n) is 4.25. The van der Waals surface area contributed by atoms with Crippen LogP contribution in [0.15, 0.2) is 71.3 Å². The molecule has 2 aromatic heterocycles. The molecule has 4 rings (SSSR count). The minimum absolute atomic E-state index is 0.128. The highest BCUT2D eigenvalue weighted by molar-refractivity contribution is 5.94. The van der Waals surface area contributed by atoms with Gasteiger partial charge in [0.25, 0.3) is 5.91 Å². The van der Waals surface area contributed by atoms with Crippen LogP contribution < -0.4 is 10.1 Å². The molecule has 6 heteroatoms. The molecule has 0 atom stereocenters. The van der Waals surface area contributed by atoms with Gasteiger partial charge in [0.05, 0.1) is 6.61 Å². The fourth-order valence-electron chi connectivity index (χ4n) is 2.81. The van der Waals surface area contributed by atoms with Crippen molar-refractivity contribution in [1.82, 2.24) is 15.3 Å². The molecule has 2 aromatic carbocycles. The smallest absolute Gasteiger partial charge is 0.251 e. The highest BCUT2D eigenvalue weighted by Gasteiger charge is 2.09. The maximum Gasteiger partial charge on any atom is 0.251 e. The number of amides is 1. The number of fused-ring (bicyclic) bond motifs is 1. The number of nitrogens with one attached hydrogen (secondary N) is 1. The maximum absolute atomic E-state index is 12.3. The van der Waals surface area contributed by atoms with E-state index >= 15 is 0 Å². The molecule has 28 heavy (non-hydrogen) atoms. The minimum atomic E-state index is -0.128. The zero-order valence-corrected chi connectivity index (χ0v) is 15.4. The molecule has 0 fully saturated rings. The van der Waals surface area contributed by atoms with E-state index in [-0.39, 0.29) is 5.91 Å². The number of oxazole rings is 1. The Labute approximate surface area is 162 Å². The zero-order chi connectivity index (χ0) is 19.3. The van der Waals surface area contributed by atoms with Crippen LogP contribution in [0.4, 0.5) is 0 Å². The summed E-state index contributed by atoms with van der Waals surface area (Å²) in [7, 11) is 0. The van der Waals surface area contributed by atoms with Crippen LogP contribution in [-0.2, 0) is 6.54 Å². The van der Waals surface area contributed by atoms with Crippen LogP contribution in [0.3, 0.4) is 0 Å². The molecule has 1 N–H and O–H groups in total. The predicted octanol–water partition coefficient (Wildman–Crippen LogP) is 4.22. The number of ether oxygens (including phenoxy) is 1. The average molecular weight is 373 g/mol. The lowest BCUT2D eigenvalue weighted by molar-refractivity contribution is 0.0951. The van der Waals surface area contributed by atoms with Crippen LogP contribution in [0.1, 0.15) is 22.8 Å². The van der Waals surface area contributed by atoms with Gasteiger partial charge in [-0.2, -0.15) is 4.98 Å². The molecule has 0 saturated heterocycles. The first-order valence-electron chi connectivity index (χ1n) is 9.05. The van der Waals surface area contributed by atoms with Gasteiger partial charge >= 0.3 is 0 Å². The number of carbonyl (C=O) groups excluding carboxylic acids is 1. The summed E-state index contributed by atoms with van der Waals surface area (Å²) >= 11 is 0. The molecule has 2 heterocycles. The second-order valence-electron chi connectivity index (χ2n) is 6.18. The molecule has 0 bridgehead atoms. The van der Waals surface area contributed by atoms with Crippen LogP contribution in [0.2, 0.25) is 0 Å². The zero-order valence-electron chi connectivity index (χ0n) is 15.4. The van der Waals surface area contributed by atoms with E-state index < -0.39 is 0 Å². The van der Waals surface area contributed by atoms with Gasteiger partial charge in [-0.15, -0.1) is 0 Å². The number of nitrogens with zero attached hydrogens (tertiary/aromatic N) is 2. The van der Waals surface area contributed by atoms with Gasteiger partial charge in [-0.1, -0.05) is 12.1 Å². The van der Waals surface area contributed by atoms with Gasteiger partial charge in [0.1, 0.15) is 5.75 Å². The average Bonchev–Trinajstić information content (AvgIpc) is 3.17. The molecule has 0 unspecified atom stereocenters. The first kappa shape index (κ1) is 17.7. The third kappa shape index (κ3) is 3.86. The molecule has 0 radical (unpaired) electrons. The largest absolute Gasteiger partial charge is 0.494 e. The van der Waals surface area contributed by atoms with Crippen molar-refractivity contribution >= 4 is 17.1 Å². The molecule has 0 aliphatic rings. The van der Waals surface area contributed by atoms with E-state index in [1.807, 2.05) is 43.3 Å². The topological polar surface area (TPSA) is 77.2 Å². The SMILES string of the molecule is CCOc1ccc(C(=O)NCc2ccc(-c3nc4ncccc4o3)cc2)cc1. The van der Waals surface area contributed by atoms with Crippen molar-refractivity contribution in [2.24, 2.45) is 0 Å². The number of rotatable bonds is 6. The highest BCUT2D eigenvalue weighted by Crippen LogP contribution is 2.23. The van der Waals surface area contributed by atoms with Crippen molar-refractivity contribution in [2.75, 3.05) is 6.61 Å². The van der Waals surface area contributed by atoms with Crippen LogP contribution in [-0.4, -0.2) is 22.5 Å². The summed E-state index contributed by atoms with van der Waals surface area (Å²) in [6.07, 6.45) is 1.69. The van der Waals surface area contributed by atoms with Crippen molar-refractivity contribution in [1.29, 1.82) is 0 Å². The van der Waals surface area contributed by atoms with Crippen molar-refractivity contribution in [2.45, 2.75) is 13.5 Å².